The molecule has 0 aliphatic carbocycles. The van der Waals surface area contributed by atoms with Crippen LogP contribution in [-0.4, -0.2) is 49.6 Å². The quantitative estimate of drug-likeness (QED) is 0.672. The molecule has 2 N–H and O–H groups in total. The van der Waals surface area contributed by atoms with E-state index in [9.17, 15) is 4.79 Å². The number of amides is 2. The Balaban J connectivity index is 1.78. The second-order valence-corrected chi connectivity index (χ2v) is 6.84. The lowest BCUT2D eigenvalue weighted by atomic mass is 10.1. The normalized spacial score (nSPS) is 12.4. The van der Waals surface area contributed by atoms with Crippen molar-refractivity contribution < 1.29 is 9.21 Å². The van der Waals surface area contributed by atoms with Crippen LogP contribution in [-0.2, 0) is 13.1 Å². The van der Waals surface area contributed by atoms with Gasteiger partial charge in [-0.3, -0.25) is 9.80 Å². The Morgan fingerprint density at radius 2 is 1.70 bits per heavy atom. The molecule has 1 atom stereocenters. The van der Waals surface area contributed by atoms with E-state index in [1.165, 1.54) is 5.56 Å². The van der Waals surface area contributed by atoms with Crippen LogP contribution in [0.5, 0.6) is 0 Å². The van der Waals surface area contributed by atoms with Gasteiger partial charge in [0.05, 0.1) is 12.3 Å². The molecule has 0 aliphatic rings. The topological polar surface area (TPSA) is 60.8 Å². The van der Waals surface area contributed by atoms with Crippen molar-refractivity contribution in [3.63, 3.8) is 0 Å². The van der Waals surface area contributed by atoms with Crippen molar-refractivity contribution in [3.8, 4) is 0 Å². The summed E-state index contributed by atoms with van der Waals surface area (Å²) in [5.41, 5.74) is 2.38. The highest BCUT2D eigenvalue weighted by atomic mass is 16.3. The van der Waals surface area contributed by atoms with Crippen molar-refractivity contribution in [3.05, 3.63) is 59.5 Å². The summed E-state index contributed by atoms with van der Waals surface area (Å²) in [5, 5.41) is 5.83. The Bertz CT molecular complexity index is 664. The maximum atomic E-state index is 12.1. The van der Waals surface area contributed by atoms with E-state index in [4.69, 9.17) is 4.42 Å². The number of carbonyl (C=O) groups is 1. The lowest BCUT2D eigenvalue weighted by Crippen LogP contribution is -2.40. The number of nitrogens with zero attached hydrogens (tertiary/aromatic N) is 2. The number of hydrogen-bond donors (Lipinski definition) is 2. The van der Waals surface area contributed by atoms with E-state index in [1.807, 2.05) is 31.1 Å². The SMILES string of the molecule is CCN(CC)Cc1ccc(CNC(=O)NCC(c2ccco2)N(C)C)cc1. The van der Waals surface area contributed by atoms with Gasteiger partial charge >= 0.3 is 6.03 Å². The Labute approximate surface area is 162 Å². The predicted octanol–water partition coefficient (Wildman–Crippen LogP) is 3.22. The summed E-state index contributed by atoms with van der Waals surface area (Å²) in [4.78, 5) is 16.5. The highest BCUT2D eigenvalue weighted by Gasteiger charge is 2.17. The van der Waals surface area contributed by atoms with Crippen LogP contribution in [0.25, 0.3) is 0 Å². The first-order valence-corrected chi connectivity index (χ1v) is 9.55. The summed E-state index contributed by atoms with van der Waals surface area (Å²) in [6.07, 6.45) is 1.65. The van der Waals surface area contributed by atoms with Crippen molar-refractivity contribution in [2.24, 2.45) is 0 Å². The molecule has 27 heavy (non-hydrogen) atoms. The molecule has 0 saturated heterocycles. The molecule has 0 fully saturated rings. The zero-order chi connectivity index (χ0) is 19.6. The lowest BCUT2D eigenvalue weighted by Gasteiger charge is -2.22. The van der Waals surface area contributed by atoms with Gasteiger partial charge in [0.15, 0.2) is 0 Å². The Morgan fingerprint density at radius 3 is 2.26 bits per heavy atom. The zero-order valence-corrected chi connectivity index (χ0v) is 16.9. The van der Waals surface area contributed by atoms with Crippen molar-refractivity contribution in [2.45, 2.75) is 33.0 Å². The number of nitrogens with one attached hydrogen (secondary N) is 2. The van der Waals surface area contributed by atoms with E-state index in [0.29, 0.717) is 13.1 Å². The average Bonchev–Trinajstić information content (AvgIpc) is 3.19. The summed E-state index contributed by atoms with van der Waals surface area (Å²) in [6, 6.07) is 12.0. The Hall–Kier alpha value is -2.31. The van der Waals surface area contributed by atoms with Gasteiger partial charge in [-0.15, -0.1) is 0 Å². The minimum Gasteiger partial charge on any atom is -0.468 e. The molecule has 0 saturated carbocycles. The molecule has 2 amide bonds. The molecule has 0 bridgehead atoms. The van der Waals surface area contributed by atoms with E-state index in [2.05, 4.69) is 53.6 Å². The van der Waals surface area contributed by atoms with E-state index in [0.717, 1.165) is 31.0 Å². The van der Waals surface area contributed by atoms with Gasteiger partial charge in [0.1, 0.15) is 5.76 Å². The molecule has 6 nitrogen and oxygen atoms in total. The number of likely N-dealkylation sites (N-methyl/N-ethyl adjacent to an activating group) is 1. The van der Waals surface area contributed by atoms with Gasteiger partial charge in [-0.1, -0.05) is 38.1 Å². The molecular weight excluding hydrogens is 340 g/mol. The summed E-state index contributed by atoms with van der Waals surface area (Å²) in [7, 11) is 3.93. The van der Waals surface area contributed by atoms with Gasteiger partial charge in [0.25, 0.3) is 0 Å². The molecule has 1 aromatic heterocycles. The van der Waals surface area contributed by atoms with Crippen LogP contribution in [0.15, 0.2) is 47.1 Å². The van der Waals surface area contributed by atoms with E-state index in [-0.39, 0.29) is 12.1 Å². The summed E-state index contributed by atoms with van der Waals surface area (Å²) in [5.74, 6) is 0.837. The second kappa shape index (κ2) is 10.7. The van der Waals surface area contributed by atoms with Gasteiger partial charge in [0.2, 0.25) is 0 Å². The van der Waals surface area contributed by atoms with Crippen molar-refractivity contribution in [1.29, 1.82) is 0 Å². The molecule has 0 spiro atoms. The molecule has 1 heterocycles. The number of furan rings is 1. The third-order valence-electron chi connectivity index (χ3n) is 4.73. The lowest BCUT2D eigenvalue weighted by molar-refractivity contribution is 0.225. The van der Waals surface area contributed by atoms with Crippen molar-refractivity contribution in [2.75, 3.05) is 33.7 Å². The van der Waals surface area contributed by atoms with Crippen LogP contribution in [0.3, 0.4) is 0 Å². The van der Waals surface area contributed by atoms with Gasteiger partial charge in [0, 0.05) is 19.6 Å². The molecule has 2 aromatic rings. The molecule has 0 radical (unpaired) electrons. The molecule has 1 unspecified atom stereocenters. The van der Waals surface area contributed by atoms with Gasteiger partial charge in [-0.05, 0) is 50.4 Å². The zero-order valence-electron chi connectivity index (χ0n) is 16.9. The first-order chi connectivity index (χ1) is 13.0. The van der Waals surface area contributed by atoms with Crippen LogP contribution in [0.2, 0.25) is 0 Å². The minimum absolute atomic E-state index is 0.00473. The molecule has 0 aliphatic heterocycles. The standard InChI is InChI=1S/C21H32N4O2/c1-5-25(6-2)16-18-11-9-17(10-12-18)14-22-21(26)23-15-19(24(3)4)20-8-7-13-27-20/h7-13,19H,5-6,14-16H2,1-4H3,(H2,22,23,26). The fourth-order valence-electron chi connectivity index (χ4n) is 2.92. The molecule has 1 aromatic carbocycles. The van der Waals surface area contributed by atoms with Gasteiger partial charge in [-0.2, -0.15) is 0 Å². The smallest absolute Gasteiger partial charge is 0.315 e. The summed E-state index contributed by atoms with van der Waals surface area (Å²) < 4.78 is 5.46. The fraction of sp³-hybridized carbons (Fsp3) is 0.476. The van der Waals surface area contributed by atoms with Crippen LogP contribution in [0, 0.1) is 0 Å². The monoisotopic (exact) mass is 372 g/mol. The highest BCUT2D eigenvalue weighted by Crippen LogP contribution is 2.17. The van der Waals surface area contributed by atoms with Crippen molar-refractivity contribution >= 4 is 6.03 Å². The van der Waals surface area contributed by atoms with E-state index >= 15 is 0 Å². The van der Waals surface area contributed by atoms with Gasteiger partial charge in [-0.25, -0.2) is 4.79 Å². The molecule has 2 rings (SSSR count). The average molecular weight is 373 g/mol. The molecular formula is C21H32N4O2. The Morgan fingerprint density at radius 1 is 1.04 bits per heavy atom. The van der Waals surface area contributed by atoms with Crippen LogP contribution >= 0.6 is 0 Å². The van der Waals surface area contributed by atoms with Crippen LogP contribution in [0.1, 0.15) is 36.8 Å². The highest BCUT2D eigenvalue weighted by molar-refractivity contribution is 5.73. The summed E-state index contributed by atoms with van der Waals surface area (Å²) >= 11 is 0. The first kappa shape index (κ1) is 21.0. The van der Waals surface area contributed by atoms with Crippen molar-refractivity contribution in [1.82, 2.24) is 20.4 Å². The van der Waals surface area contributed by atoms with E-state index in [1.54, 1.807) is 6.26 Å². The maximum absolute atomic E-state index is 12.1. The Kier molecular flexibility index (Phi) is 8.36. The first-order valence-electron chi connectivity index (χ1n) is 9.55. The number of benzene rings is 1. The van der Waals surface area contributed by atoms with Gasteiger partial charge < -0.3 is 15.1 Å². The molecule has 148 valence electrons. The molecule has 6 heteroatoms. The third kappa shape index (κ3) is 6.73. The largest absolute Gasteiger partial charge is 0.468 e. The third-order valence-corrected chi connectivity index (χ3v) is 4.73. The number of rotatable bonds is 10. The maximum Gasteiger partial charge on any atom is 0.315 e. The van der Waals surface area contributed by atoms with Crippen LogP contribution in [0.4, 0.5) is 4.79 Å². The number of carbonyl (C=O) groups excluding carboxylic acids is 1. The minimum atomic E-state index is -0.180. The van der Waals surface area contributed by atoms with Crippen LogP contribution < -0.4 is 10.6 Å². The number of urea groups is 1. The van der Waals surface area contributed by atoms with E-state index < -0.39 is 0 Å². The second-order valence-electron chi connectivity index (χ2n) is 6.84. The number of hydrogen-bond acceptors (Lipinski definition) is 4. The fourth-order valence-corrected chi connectivity index (χ4v) is 2.92. The summed E-state index contributed by atoms with van der Waals surface area (Å²) in [6.45, 7) is 8.39. The predicted molar refractivity (Wildman–Crippen MR) is 108 cm³/mol.